The fraction of sp³-hybridized carbons (Fsp3) is 0.812. The van der Waals surface area contributed by atoms with E-state index in [9.17, 15) is 4.79 Å². The van der Waals surface area contributed by atoms with Gasteiger partial charge in [-0.25, -0.2) is 0 Å². The fourth-order valence-corrected chi connectivity index (χ4v) is 2.66. The Kier molecular flexibility index (Phi) is 13.0. The van der Waals surface area contributed by atoms with Crippen LogP contribution in [0.4, 0.5) is 0 Å². The van der Waals surface area contributed by atoms with E-state index in [-0.39, 0.29) is 0 Å². The predicted molar refractivity (Wildman–Crippen MR) is 85.9 cm³/mol. The van der Waals surface area contributed by atoms with Crippen LogP contribution < -0.4 is 0 Å². The highest BCUT2D eigenvalue weighted by Crippen LogP contribution is 2.19. The van der Waals surface area contributed by atoms with Gasteiger partial charge in [0, 0.05) is 10.6 Å². The van der Waals surface area contributed by atoms with E-state index in [2.05, 4.69) is 6.92 Å². The zero-order valence-electron chi connectivity index (χ0n) is 12.4. The Bertz CT molecular complexity index is 268. The third-order valence-corrected chi connectivity index (χ3v) is 3.89. The maximum atomic E-state index is 11.1. The molecule has 0 saturated heterocycles. The van der Waals surface area contributed by atoms with Crippen molar-refractivity contribution in [3.63, 3.8) is 0 Å². The van der Waals surface area contributed by atoms with Crippen LogP contribution in [0.3, 0.4) is 0 Å². The molecular weight excluding hydrogens is 279 g/mol. The largest absolute Gasteiger partial charge is 0.276 e. The highest BCUT2D eigenvalue weighted by atomic mass is 35.5. The van der Waals surface area contributed by atoms with Gasteiger partial charge in [-0.1, -0.05) is 76.3 Å². The zero-order valence-corrected chi connectivity index (χ0v) is 14.0. The van der Waals surface area contributed by atoms with Crippen LogP contribution >= 0.6 is 23.2 Å². The molecule has 1 nitrogen and oxygen atoms in total. The number of carbonyl (C=O) groups is 1. The van der Waals surface area contributed by atoms with E-state index in [1.165, 1.54) is 51.4 Å². The van der Waals surface area contributed by atoms with Crippen molar-refractivity contribution in [1.29, 1.82) is 0 Å². The standard InChI is InChI=1S/C16H28Cl2O/c1-3-4-5-6-7-8-9-10-11-12-13-15(14(2)17)16(18)19/h3-13H2,1-2H3. The van der Waals surface area contributed by atoms with E-state index in [1.54, 1.807) is 6.92 Å². The Morgan fingerprint density at radius 3 is 1.58 bits per heavy atom. The Morgan fingerprint density at radius 2 is 1.21 bits per heavy atom. The van der Waals surface area contributed by atoms with Crippen molar-refractivity contribution in [1.82, 2.24) is 0 Å². The summed E-state index contributed by atoms with van der Waals surface area (Å²) in [5.41, 5.74) is 0.586. The summed E-state index contributed by atoms with van der Waals surface area (Å²) >= 11 is 11.3. The summed E-state index contributed by atoms with van der Waals surface area (Å²) in [6.07, 6.45) is 13.6. The molecule has 0 N–H and O–H groups in total. The lowest BCUT2D eigenvalue weighted by molar-refractivity contribution is -0.108. The lowest BCUT2D eigenvalue weighted by Crippen LogP contribution is -1.95. The third kappa shape index (κ3) is 11.5. The van der Waals surface area contributed by atoms with Crippen LogP contribution in [0.25, 0.3) is 0 Å². The van der Waals surface area contributed by atoms with Crippen molar-refractivity contribution in [3.8, 4) is 0 Å². The van der Waals surface area contributed by atoms with Gasteiger partial charge < -0.3 is 0 Å². The number of hydrogen-bond acceptors (Lipinski definition) is 1. The first-order valence-electron chi connectivity index (χ1n) is 7.64. The summed E-state index contributed by atoms with van der Waals surface area (Å²) in [6, 6.07) is 0. The molecule has 0 aliphatic heterocycles. The Balaban J connectivity index is 3.41. The number of halogens is 2. The molecule has 0 atom stereocenters. The van der Waals surface area contributed by atoms with Crippen LogP contribution in [0.15, 0.2) is 10.6 Å². The van der Waals surface area contributed by atoms with E-state index < -0.39 is 5.24 Å². The molecule has 0 saturated carbocycles. The molecule has 112 valence electrons. The normalized spacial score (nSPS) is 12.4. The molecule has 0 aromatic rings. The lowest BCUT2D eigenvalue weighted by atomic mass is 10.0. The molecule has 0 bridgehead atoms. The minimum atomic E-state index is -0.400. The molecule has 0 heterocycles. The van der Waals surface area contributed by atoms with Crippen molar-refractivity contribution < 1.29 is 4.79 Å². The summed E-state index contributed by atoms with van der Waals surface area (Å²) in [5, 5.41) is 0.138. The van der Waals surface area contributed by atoms with Gasteiger partial charge >= 0.3 is 0 Å². The van der Waals surface area contributed by atoms with Gasteiger partial charge in [-0.05, 0) is 31.4 Å². The van der Waals surface area contributed by atoms with Crippen molar-refractivity contribution in [3.05, 3.63) is 10.6 Å². The highest BCUT2D eigenvalue weighted by molar-refractivity contribution is 6.68. The first kappa shape index (κ1) is 19.0. The lowest BCUT2D eigenvalue weighted by Gasteiger charge is -2.04. The summed E-state index contributed by atoms with van der Waals surface area (Å²) in [4.78, 5) is 11.1. The van der Waals surface area contributed by atoms with Crippen LogP contribution in [0.1, 0.15) is 84.5 Å². The molecule has 0 spiro atoms. The molecule has 0 aromatic carbocycles. The maximum absolute atomic E-state index is 11.1. The van der Waals surface area contributed by atoms with Gasteiger partial charge in [-0.15, -0.1) is 0 Å². The number of unbranched alkanes of at least 4 members (excludes halogenated alkanes) is 9. The average molecular weight is 307 g/mol. The molecule has 3 heteroatoms. The summed E-state index contributed by atoms with van der Waals surface area (Å²) < 4.78 is 0. The van der Waals surface area contributed by atoms with Crippen LogP contribution in [0.2, 0.25) is 0 Å². The Morgan fingerprint density at radius 1 is 0.789 bits per heavy atom. The second kappa shape index (κ2) is 13.0. The van der Waals surface area contributed by atoms with Gasteiger partial charge in [0.2, 0.25) is 5.24 Å². The number of carbonyl (C=O) groups excluding carboxylic acids is 1. The van der Waals surface area contributed by atoms with Crippen molar-refractivity contribution in [2.45, 2.75) is 84.5 Å². The van der Waals surface area contributed by atoms with Gasteiger partial charge in [0.25, 0.3) is 0 Å². The van der Waals surface area contributed by atoms with Crippen LogP contribution in [0, 0.1) is 0 Å². The first-order chi connectivity index (χ1) is 9.09. The summed E-state index contributed by atoms with van der Waals surface area (Å²) in [6.45, 7) is 3.98. The van der Waals surface area contributed by atoms with Gasteiger partial charge in [0.1, 0.15) is 0 Å². The van der Waals surface area contributed by atoms with Crippen LogP contribution in [-0.4, -0.2) is 5.24 Å². The fourth-order valence-electron chi connectivity index (χ4n) is 2.20. The quantitative estimate of drug-likeness (QED) is 0.226. The smallest absolute Gasteiger partial charge is 0.249 e. The molecule has 0 aromatic heterocycles. The molecule has 0 amide bonds. The van der Waals surface area contributed by atoms with E-state index in [1.807, 2.05) is 0 Å². The van der Waals surface area contributed by atoms with E-state index in [0.29, 0.717) is 17.0 Å². The molecule has 0 rings (SSSR count). The average Bonchev–Trinajstić information content (AvgIpc) is 2.35. The van der Waals surface area contributed by atoms with E-state index >= 15 is 0 Å². The Labute approximate surface area is 128 Å². The number of hydrogen-bond donors (Lipinski definition) is 0. The monoisotopic (exact) mass is 306 g/mol. The second-order valence-electron chi connectivity index (χ2n) is 5.22. The Hall–Kier alpha value is -0.0100. The van der Waals surface area contributed by atoms with Crippen LogP contribution in [-0.2, 0) is 4.79 Å². The maximum Gasteiger partial charge on any atom is 0.249 e. The van der Waals surface area contributed by atoms with Gasteiger partial charge in [-0.2, -0.15) is 0 Å². The minimum Gasteiger partial charge on any atom is -0.276 e. The molecule has 0 aliphatic rings. The number of allylic oxidation sites excluding steroid dienone is 2. The molecule has 0 radical (unpaired) electrons. The van der Waals surface area contributed by atoms with E-state index in [0.717, 1.165) is 12.8 Å². The van der Waals surface area contributed by atoms with Gasteiger partial charge in [0.05, 0.1) is 0 Å². The molecule has 19 heavy (non-hydrogen) atoms. The van der Waals surface area contributed by atoms with Gasteiger partial charge in [-0.3, -0.25) is 4.79 Å². The zero-order chi connectivity index (χ0) is 14.5. The van der Waals surface area contributed by atoms with E-state index in [4.69, 9.17) is 23.2 Å². The molecular formula is C16H28Cl2O. The van der Waals surface area contributed by atoms with Crippen molar-refractivity contribution >= 4 is 28.4 Å². The predicted octanol–water partition coefficient (Wildman–Crippen LogP) is 6.58. The summed E-state index contributed by atoms with van der Waals surface area (Å²) in [5.74, 6) is 0. The number of rotatable bonds is 12. The summed E-state index contributed by atoms with van der Waals surface area (Å²) in [7, 11) is 0. The van der Waals surface area contributed by atoms with Crippen molar-refractivity contribution in [2.24, 2.45) is 0 Å². The highest BCUT2D eigenvalue weighted by Gasteiger charge is 2.08. The molecule has 0 aliphatic carbocycles. The first-order valence-corrected chi connectivity index (χ1v) is 8.40. The molecule has 0 unspecified atom stereocenters. The third-order valence-electron chi connectivity index (χ3n) is 3.43. The van der Waals surface area contributed by atoms with Crippen LogP contribution in [0.5, 0.6) is 0 Å². The van der Waals surface area contributed by atoms with Gasteiger partial charge in [0.15, 0.2) is 0 Å². The second-order valence-corrected chi connectivity index (χ2v) is 6.13. The SMILES string of the molecule is CCCCCCCCCCCCC(C(=O)Cl)=C(C)Cl. The topological polar surface area (TPSA) is 17.1 Å². The van der Waals surface area contributed by atoms with Crippen molar-refractivity contribution in [2.75, 3.05) is 0 Å². The minimum absolute atomic E-state index is 0.400. The molecule has 0 fully saturated rings.